The highest BCUT2D eigenvalue weighted by molar-refractivity contribution is 7.07. The highest BCUT2D eigenvalue weighted by Crippen LogP contribution is 2.40. The highest BCUT2D eigenvalue weighted by Gasteiger charge is 2.37. The molecule has 1 atom stereocenters. The van der Waals surface area contributed by atoms with Gasteiger partial charge in [-0.2, -0.15) is 5.26 Å². The van der Waals surface area contributed by atoms with Crippen LogP contribution in [0.2, 0.25) is 0 Å². The molecule has 1 unspecified atom stereocenters. The summed E-state index contributed by atoms with van der Waals surface area (Å²) in [6.45, 7) is 4.64. The van der Waals surface area contributed by atoms with Crippen LogP contribution in [0, 0.1) is 11.3 Å². The molecule has 41 heavy (non-hydrogen) atoms. The number of allylic oxidation sites excluding steroid dienone is 1. The van der Waals surface area contributed by atoms with Crippen LogP contribution in [0.1, 0.15) is 30.9 Å². The number of ether oxygens (including phenoxy) is 4. The third-order valence-electron chi connectivity index (χ3n) is 7.00. The zero-order chi connectivity index (χ0) is 29.8. The van der Waals surface area contributed by atoms with Crippen LogP contribution in [0.25, 0.3) is 17.5 Å². The van der Waals surface area contributed by atoms with Gasteiger partial charge in [-0.15, -0.1) is 11.3 Å². The number of methoxy groups -OCH3 is 4. The summed E-state index contributed by atoms with van der Waals surface area (Å²) >= 11 is 1.15. The first kappa shape index (κ1) is 29.3. The molecule has 1 aliphatic rings. The van der Waals surface area contributed by atoms with E-state index in [-0.39, 0.29) is 17.3 Å². The smallest absolute Gasteiger partial charge is 0.274 e. The Labute approximate surface area is 241 Å². The normalized spacial score (nSPS) is 14.8. The standard InChI is InChI=1S/C30H32N4O6S/c1-7-33(8-2)29(36)26-25(18-10-12-21(38-4)23(15-18)40-6)19(16-31)27(32)34-28(35)24(41-30(26)34)14-17-9-11-20(37-3)22(13-17)39-5/h9-15,25H,7-8,32H2,1-6H3/b24-14+. The van der Waals surface area contributed by atoms with Gasteiger partial charge in [0, 0.05) is 13.1 Å². The van der Waals surface area contributed by atoms with Crippen LogP contribution in [0.3, 0.4) is 0 Å². The molecule has 0 spiro atoms. The molecule has 0 aliphatic carbocycles. The van der Waals surface area contributed by atoms with E-state index in [1.54, 1.807) is 54.5 Å². The first-order valence-corrected chi connectivity index (χ1v) is 13.7. The van der Waals surface area contributed by atoms with Gasteiger partial charge in [0.05, 0.1) is 56.1 Å². The van der Waals surface area contributed by atoms with Gasteiger partial charge in [0.15, 0.2) is 23.0 Å². The van der Waals surface area contributed by atoms with Crippen molar-refractivity contribution < 1.29 is 23.7 Å². The third-order valence-corrected chi connectivity index (χ3v) is 8.10. The van der Waals surface area contributed by atoms with E-state index in [0.29, 0.717) is 62.0 Å². The Morgan fingerprint density at radius 1 is 1.00 bits per heavy atom. The van der Waals surface area contributed by atoms with Crippen molar-refractivity contribution in [1.29, 1.82) is 5.26 Å². The predicted molar refractivity (Wildman–Crippen MR) is 158 cm³/mol. The first-order chi connectivity index (χ1) is 19.8. The first-order valence-electron chi connectivity index (χ1n) is 12.9. The highest BCUT2D eigenvalue weighted by atomic mass is 32.1. The molecule has 3 aromatic rings. The van der Waals surface area contributed by atoms with Gasteiger partial charge < -0.3 is 29.6 Å². The van der Waals surface area contributed by atoms with Gasteiger partial charge in [-0.3, -0.25) is 14.2 Å². The molecular weight excluding hydrogens is 544 g/mol. The lowest BCUT2D eigenvalue weighted by Crippen LogP contribution is -2.43. The number of amides is 1. The largest absolute Gasteiger partial charge is 0.493 e. The van der Waals surface area contributed by atoms with E-state index < -0.39 is 11.5 Å². The van der Waals surface area contributed by atoms with Crippen LogP contribution in [-0.4, -0.2) is 56.9 Å². The fourth-order valence-electron chi connectivity index (χ4n) is 4.90. The molecule has 0 saturated heterocycles. The molecule has 0 fully saturated rings. The number of nitrogens with zero attached hydrogens (tertiary/aromatic N) is 3. The van der Waals surface area contributed by atoms with Crippen LogP contribution in [-0.2, 0) is 4.79 Å². The molecule has 0 radical (unpaired) electrons. The van der Waals surface area contributed by atoms with E-state index >= 15 is 0 Å². The van der Waals surface area contributed by atoms with Gasteiger partial charge in [-0.1, -0.05) is 12.1 Å². The maximum absolute atomic E-state index is 14.1. The van der Waals surface area contributed by atoms with Crippen molar-refractivity contribution in [3.8, 4) is 29.1 Å². The topological polar surface area (TPSA) is 129 Å². The molecule has 1 amide bonds. The second-order valence-electron chi connectivity index (χ2n) is 9.02. The molecule has 0 saturated carbocycles. The molecule has 0 bridgehead atoms. The number of aromatic nitrogens is 1. The second kappa shape index (κ2) is 12.2. The minimum atomic E-state index is -0.833. The summed E-state index contributed by atoms with van der Waals surface area (Å²) in [5.41, 5.74) is 7.79. The zero-order valence-electron chi connectivity index (χ0n) is 23.8. The van der Waals surface area contributed by atoms with Crippen LogP contribution < -0.4 is 39.4 Å². The Morgan fingerprint density at radius 2 is 1.59 bits per heavy atom. The number of nitrogens with two attached hydrogens (primary N) is 1. The lowest BCUT2D eigenvalue weighted by atomic mass is 9.83. The summed E-state index contributed by atoms with van der Waals surface area (Å²) in [6, 6.07) is 12.7. The molecule has 1 aliphatic heterocycles. The number of hydrogen-bond acceptors (Lipinski definition) is 9. The number of nitriles is 1. The molecule has 10 nitrogen and oxygen atoms in total. The Balaban J connectivity index is 2.09. The van der Waals surface area contributed by atoms with Crippen molar-refractivity contribution in [2.75, 3.05) is 41.5 Å². The molecule has 4 rings (SSSR count). The van der Waals surface area contributed by atoms with Crippen molar-refractivity contribution in [3.63, 3.8) is 0 Å². The summed E-state index contributed by atoms with van der Waals surface area (Å²) in [5, 5.41) is 10.3. The van der Waals surface area contributed by atoms with E-state index in [1.165, 1.54) is 25.9 Å². The van der Waals surface area contributed by atoms with E-state index in [4.69, 9.17) is 24.7 Å². The summed E-state index contributed by atoms with van der Waals surface area (Å²) in [7, 11) is 6.11. The average molecular weight is 577 g/mol. The van der Waals surface area contributed by atoms with Gasteiger partial charge in [0.25, 0.3) is 11.5 Å². The van der Waals surface area contributed by atoms with Gasteiger partial charge in [-0.25, -0.2) is 0 Å². The monoisotopic (exact) mass is 576 g/mol. The van der Waals surface area contributed by atoms with Crippen molar-refractivity contribution in [2.45, 2.75) is 19.8 Å². The van der Waals surface area contributed by atoms with Gasteiger partial charge >= 0.3 is 0 Å². The number of hydrogen-bond donors (Lipinski definition) is 1. The number of fused-ring (bicyclic) bond motifs is 1. The molecule has 214 valence electrons. The number of carbonyl (C=O) groups excluding carboxylic acids is 1. The van der Waals surface area contributed by atoms with Crippen molar-refractivity contribution in [3.05, 3.63) is 72.6 Å². The lowest BCUT2D eigenvalue weighted by molar-refractivity contribution is -0.125. The quantitative estimate of drug-likeness (QED) is 0.411. The lowest BCUT2D eigenvalue weighted by Gasteiger charge is -2.29. The minimum absolute atomic E-state index is 0.0217. The molecule has 2 heterocycles. The summed E-state index contributed by atoms with van der Waals surface area (Å²) in [4.78, 5) is 29.5. The van der Waals surface area contributed by atoms with Gasteiger partial charge in [0.1, 0.15) is 10.5 Å². The Morgan fingerprint density at radius 3 is 2.15 bits per heavy atom. The van der Waals surface area contributed by atoms with Crippen LogP contribution in [0.4, 0.5) is 0 Å². The van der Waals surface area contributed by atoms with Crippen LogP contribution >= 0.6 is 11.3 Å². The fraction of sp³-hybridized carbons (Fsp3) is 0.300. The minimum Gasteiger partial charge on any atom is -0.493 e. The predicted octanol–water partition coefficient (Wildman–Crippen LogP) is 2.24. The van der Waals surface area contributed by atoms with Crippen LogP contribution in [0.15, 0.2) is 46.8 Å². The number of carbonyl (C=O) groups is 1. The fourth-order valence-corrected chi connectivity index (χ4v) is 6.06. The van der Waals surface area contributed by atoms with E-state index in [0.717, 1.165) is 11.3 Å². The van der Waals surface area contributed by atoms with Gasteiger partial charge in [0.2, 0.25) is 0 Å². The Hall–Kier alpha value is -4.69. The number of rotatable bonds is 9. The maximum Gasteiger partial charge on any atom is 0.274 e. The van der Waals surface area contributed by atoms with Crippen LogP contribution in [0.5, 0.6) is 23.0 Å². The average Bonchev–Trinajstić information content (AvgIpc) is 3.32. The maximum atomic E-state index is 14.1. The zero-order valence-corrected chi connectivity index (χ0v) is 24.6. The number of benzene rings is 2. The molecule has 11 heteroatoms. The summed E-state index contributed by atoms with van der Waals surface area (Å²) < 4.78 is 23.6. The number of thiazole rings is 1. The van der Waals surface area contributed by atoms with Crippen molar-refractivity contribution in [2.24, 2.45) is 5.73 Å². The van der Waals surface area contributed by atoms with E-state index in [1.807, 2.05) is 13.8 Å². The second-order valence-corrected chi connectivity index (χ2v) is 10.1. The summed E-state index contributed by atoms with van der Waals surface area (Å²) in [6.07, 6.45) is 1.70. The summed E-state index contributed by atoms with van der Waals surface area (Å²) in [5.74, 6) is 0.850. The van der Waals surface area contributed by atoms with Crippen molar-refractivity contribution >= 4 is 34.7 Å². The molecular formula is C30H32N4O6S. The van der Waals surface area contributed by atoms with E-state index in [2.05, 4.69) is 6.07 Å². The molecule has 2 N–H and O–H groups in total. The van der Waals surface area contributed by atoms with Crippen molar-refractivity contribution in [1.82, 2.24) is 9.47 Å². The molecule has 2 aromatic carbocycles. The Kier molecular flexibility index (Phi) is 8.74. The van der Waals surface area contributed by atoms with E-state index in [9.17, 15) is 14.9 Å². The SMILES string of the molecule is CCN(CC)C(=O)C1=c2s/c(=C/c3ccc(OC)c(OC)c3)c(=O)n2C(N)=C(C#N)C1c1ccc(OC)c(OC)c1. The Bertz CT molecular complexity index is 1740. The molecule has 1 aromatic heterocycles. The van der Waals surface area contributed by atoms with Gasteiger partial charge in [-0.05, 0) is 55.3 Å². The third kappa shape index (κ3) is 5.14.